The van der Waals surface area contributed by atoms with Gasteiger partial charge in [-0.3, -0.25) is 9.80 Å². The van der Waals surface area contributed by atoms with E-state index in [1.807, 2.05) is 0 Å². The van der Waals surface area contributed by atoms with Crippen molar-refractivity contribution in [2.24, 2.45) is 22.2 Å². The van der Waals surface area contributed by atoms with Gasteiger partial charge in [-0.2, -0.15) is 0 Å². The molecule has 12 atom stereocenters. The Morgan fingerprint density at radius 1 is 1.00 bits per heavy atom. The number of hydrogen-bond donors (Lipinski definition) is 2. The summed E-state index contributed by atoms with van der Waals surface area (Å²) in [5.41, 5.74) is 4.92. The third-order valence-corrected chi connectivity index (χ3v) is 17.4. The molecule has 266 valence electrons. The van der Waals surface area contributed by atoms with E-state index in [1.54, 1.807) is 0 Å². The molecule has 8 fully saturated rings. The summed E-state index contributed by atoms with van der Waals surface area (Å²) in [4.78, 5) is 22.0. The predicted molar refractivity (Wildman–Crippen MR) is 189 cm³/mol. The van der Waals surface area contributed by atoms with Crippen molar-refractivity contribution in [2.45, 2.75) is 98.8 Å². The third-order valence-electron chi connectivity index (χ3n) is 17.4. The number of aliphatic hydroxyl groups is 1. The van der Waals surface area contributed by atoms with Crippen LogP contribution in [0.3, 0.4) is 0 Å². The summed E-state index contributed by atoms with van der Waals surface area (Å²) in [5.74, 6) is -0.129. The van der Waals surface area contributed by atoms with Crippen LogP contribution in [0, 0.1) is 22.2 Å². The molecule has 11 aliphatic rings. The number of esters is 1. The molecule has 2 N–H and O–H groups in total. The maximum Gasteiger partial charge on any atom is 0.335 e. The molecule has 9 nitrogen and oxygen atoms in total. The van der Waals surface area contributed by atoms with Crippen molar-refractivity contribution in [2.75, 3.05) is 56.7 Å². The zero-order chi connectivity index (χ0) is 33.9. The van der Waals surface area contributed by atoms with Gasteiger partial charge in [0.15, 0.2) is 5.72 Å². The lowest BCUT2D eigenvalue weighted by Gasteiger charge is -2.70. The molecule has 9 heterocycles. The van der Waals surface area contributed by atoms with Crippen LogP contribution in [0.25, 0.3) is 0 Å². The maximum absolute atomic E-state index is 13.9. The van der Waals surface area contributed by atoms with Crippen LogP contribution < -0.4 is 10.2 Å². The van der Waals surface area contributed by atoms with Gasteiger partial charge < -0.3 is 29.5 Å². The van der Waals surface area contributed by atoms with Crippen molar-refractivity contribution in [1.29, 1.82) is 0 Å². The molecule has 1 saturated carbocycles. The number of nitrogens with zero attached hydrogens (tertiary/aromatic N) is 3. The highest BCUT2D eigenvalue weighted by Gasteiger charge is 2.84. The van der Waals surface area contributed by atoms with Crippen LogP contribution in [0.5, 0.6) is 0 Å². The Kier molecular flexibility index (Phi) is 5.13. The molecule has 4 spiro atoms. The Hall–Kier alpha value is -2.95. The first-order chi connectivity index (χ1) is 24.8. The summed E-state index contributed by atoms with van der Waals surface area (Å²) in [6.45, 7) is 7.83. The number of carbonyl (C=O) groups is 1. The van der Waals surface area contributed by atoms with E-state index in [-0.39, 0.29) is 63.3 Å². The number of rotatable bonds is 2. The van der Waals surface area contributed by atoms with Crippen molar-refractivity contribution >= 4 is 17.3 Å². The number of ether oxygens (including phenoxy) is 3. The van der Waals surface area contributed by atoms with Gasteiger partial charge in [-0.15, -0.1) is 0 Å². The van der Waals surface area contributed by atoms with Crippen LogP contribution in [-0.2, 0) is 29.8 Å². The van der Waals surface area contributed by atoms with Crippen molar-refractivity contribution in [1.82, 2.24) is 9.80 Å². The topological polar surface area (TPSA) is 90.0 Å². The van der Waals surface area contributed by atoms with Gasteiger partial charge in [0.2, 0.25) is 0 Å². The van der Waals surface area contributed by atoms with E-state index in [9.17, 15) is 9.90 Å². The van der Waals surface area contributed by atoms with Gasteiger partial charge in [-0.25, -0.2) is 4.79 Å². The first-order valence-electron chi connectivity index (χ1n) is 19.8. The minimum Gasteiger partial charge on any atom is -0.466 e. The van der Waals surface area contributed by atoms with Crippen LogP contribution >= 0.6 is 0 Å². The molecule has 2 aliphatic carbocycles. The van der Waals surface area contributed by atoms with Crippen molar-refractivity contribution in [3.05, 3.63) is 70.9 Å². The molecule has 13 rings (SSSR count). The highest BCUT2D eigenvalue weighted by Crippen LogP contribution is 2.77. The summed E-state index contributed by atoms with van der Waals surface area (Å²) in [7, 11) is 1.53. The Morgan fingerprint density at radius 2 is 1.82 bits per heavy atom. The first-order valence-corrected chi connectivity index (χ1v) is 19.8. The molecule has 2 aromatic carbocycles. The van der Waals surface area contributed by atoms with Crippen molar-refractivity contribution in [3.8, 4) is 0 Å². The Balaban J connectivity index is 1.01. The molecule has 2 aromatic rings. The average molecular weight is 689 g/mol. The van der Waals surface area contributed by atoms with Crippen LogP contribution in [0.15, 0.2) is 59.8 Å². The van der Waals surface area contributed by atoms with Crippen molar-refractivity contribution < 1.29 is 24.1 Å². The molecule has 0 unspecified atom stereocenters. The summed E-state index contributed by atoms with van der Waals surface area (Å²) >= 11 is 0. The standard InChI is InChI=1S/C42H48N4O5/c1-3-38-19-24-18-37(23-46-29-11-7-5-9-27(29)41(42(24,46)48)13-16-44(35(38)41)21-30-32(38)51-30)22-45-15-12-40-26-8-4-6-10-28(26)43-31(40)25(33(47)49-2)20-39(34(40)45)14-17-50-36(37)39/h4-11,24,30,32,34-36,43,48H,3,12-23H2,1-2H3/t24-,30-,32-,34+,35+,36+,37+,38-,39+,40+,41-,42-/m1/s1. The van der Waals surface area contributed by atoms with E-state index in [1.165, 1.54) is 23.9 Å². The molecule has 51 heavy (non-hydrogen) atoms. The van der Waals surface area contributed by atoms with Gasteiger partial charge in [-0.1, -0.05) is 43.3 Å². The highest BCUT2D eigenvalue weighted by molar-refractivity contribution is 5.93. The smallest absolute Gasteiger partial charge is 0.335 e. The van der Waals surface area contributed by atoms with E-state index in [0.29, 0.717) is 19.1 Å². The number of benzene rings is 2. The fourth-order valence-corrected chi connectivity index (χ4v) is 16.4. The van der Waals surface area contributed by atoms with E-state index in [2.05, 4.69) is 75.5 Å². The summed E-state index contributed by atoms with van der Waals surface area (Å²) in [6, 6.07) is 18.3. The number of anilines is 2. The minimum atomic E-state index is -0.957. The van der Waals surface area contributed by atoms with Crippen molar-refractivity contribution in [3.63, 3.8) is 0 Å². The van der Waals surface area contributed by atoms with Gasteiger partial charge in [0.1, 0.15) is 0 Å². The first kappa shape index (κ1) is 29.5. The zero-order valence-corrected chi connectivity index (χ0v) is 29.7. The largest absolute Gasteiger partial charge is 0.466 e. The predicted octanol–water partition coefficient (Wildman–Crippen LogP) is 4.15. The van der Waals surface area contributed by atoms with Crippen LogP contribution in [0.4, 0.5) is 11.4 Å². The van der Waals surface area contributed by atoms with E-state index < -0.39 is 5.72 Å². The van der Waals surface area contributed by atoms with Crippen LogP contribution in [-0.4, -0.2) is 103 Å². The third kappa shape index (κ3) is 2.85. The molecule has 0 aromatic heterocycles. The SMILES string of the molecule is CC[C@@]12C[C@H]3C[C@]4(CN5CC[C@]67C(=C(C(=O)OC)C[C@@]8(CCO[C@@H]48)[C@H]56)Nc4ccccc47)CN4c5ccccc5[C@@]5(CCN(C[C@H]6O[C@H]61)[C@@H]25)[C@]34O. The molecule has 0 radical (unpaired) electrons. The number of piperidine rings is 3. The quantitative estimate of drug-likeness (QED) is 0.357. The fraction of sp³-hybridized carbons (Fsp3) is 0.643. The van der Waals surface area contributed by atoms with E-state index in [0.717, 1.165) is 88.2 Å². The molecule has 9 aliphatic heterocycles. The maximum atomic E-state index is 13.9. The number of hydrogen-bond acceptors (Lipinski definition) is 9. The Morgan fingerprint density at radius 3 is 2.69 bits per heavy atom. The molecule has 0 amide bonds. The zero-order valence-electron chi connectivity index (χ0n) is 29.7. The van der Waals surface area contributed by atoms with Gasteiger partial charge in [0, 0.05) is 77.6 Å². The Bertz CT molecular complexity index is 2000. The lowest BCUT2D eigenvalue weighted by Crippen LogP contribution is -2.81. The lowest BCUT2D eigenvalue weighted by atomic mass is 9.43. The fourth-order valence-electron chi connectivity index (χ4n) is 16.4. The number of carbonyl (C=O) groups excluding carboxylic acids is 1. The Labute approximate surface area is 299 Å². The van der Waals surface area contributed by atoms with Gasteiger partial charge in [-0.05, 0) is 81.3 Å². The highest BCUT2D eigenvalue weighted by atomic mass is 16.6. The van der Waals surface area contributed by atoms with Crippen LogP contribution in [0.1, 0.15) is 63.0 Å². The molecular formula is C42H48N4O5. The molecule has 0 bridgehead atoms. The second-order valence-electron chi connectivity index (χ2n) is 18.6. The number of nitrogens with one attached hydrogen (secondary N) is 1. The van der Waals surface area contributed by atoms with Gasteiger partial charge >= 0.3 is 5.97 Å². The van der Waals surface area contributed by atoms with E-state index >= 15 is 0 Å². The van der Waals surface area contributed by atoms with E-state index in [4.69, 9.17) is 14.2 Å². The second-order valence-corrected chi connectivity index (χ2v) is 18.6. The second kappa shape index (κ2) is 8.87. The van der Waals surface area contributed by atoms with Gasteiger partial charge in [0.05, 0.1) is 41.8 Å². The summed E-state index contributed by atoms with van der Waals surface area (Å²) in [6.07, 6.45) is 7.13. The summed E-state index contributed by atoms with van der Waals surface area (Å²) < 4.78 is 19.4. The lowest BCUT2D eigenvalue weighted by molar-refractivity contribution is -0.226. The number of para-hydroxylation sites is 2. The number of methoxy groups -OCH3 is 1. The molecule has 9 heteroatoms. The van der Waals surface area contributed by atoms with Crippen LogP contribution in [0.2, 0.25) is 0 Å². The average Bonchev–Trinajstić information content (AvgIpc) is 3.49. The molecule has 7 saturated heterocycles. The monoisotopic (exact) mass is 688 g/mol. The minimum absolute atomic E-state index is 0.0147. The number of epoxide rings is 1. The normalized spacial score (nSPS) is 50.1. The number of fused-ring (bicyclic) bond motifs is 6. The molecular weight excluding hydrogens is 640 g/mol. The summed E-state index contributed by atoms with van der Waals surface area (Å²) in [5, 5.41) is 17.6. The van der Waals surface area contributed by atoms with Gasteiger partial charge in [0.25, 0.3) is 0 Å².